The highest BCUT2D eigenvalue weighted by molar-refractivity contribution is 6.02. The summed E-state index contributed by atoms with van der Waals surface area (Å²) < 4.78 is 23.2. The van der Waals surface area contributed by atoms with Gasteiger partial charge in [-0.25, -0.2) is 0 Å². The highest BCUT2D eigenvalue weighted by Crippen LogP contribution is 2.21. The van der Waals surface area contributed by atoms with Gasteiger partial charge in [-0.05, 0) is 226 Å². The van der Waals surface area contributed by atoms with Crippen LogP contribution in [-0.4, -0.2) is 154 Å². The lowest BCUT2D eigenvalue weighted by atomic mass is 10.1. The van der Waals surface area contributed by atoms with Gasteiger partial charge < -0.3 is 49.6 Å². The van der Waals surface area contributed by atoms with Gasteiger partial charge in [0.1, 0.15) is 24.4 Å². The van der Waals surface area contributed by atoms with Crippen LogP contribution in [-0.2, 0) is 42.9 Å². The maximum Gasteiger partial charge on any atom is 0.306 e. The molecule has 17 heteroatoms. The zero-order valence-electron chi connectivity index (χ0n) is 69.5. The topological polar surface area (TPSA) is 202 Å². The normalized spacial score (nSPS) is 12.7. The Kier molecular flexibility index (Phi) is 65.4. The Bertz CT molecular complexity index is 2070. The molecule has 0 saturated carbocycles. The second-order valence-electron chi connectivity index (χ2n) is 30.7. The number of carbonyl (C=O) groups excluding carboxylic acids is 7. The first-order valence-electron chi connectivity index (χ1n) is 43.9. The maximum atomic E-state index is 14.1. The van der Waals surface area contributed by atoms with Crippen LogP contribution < -0.4 is 16.0 Å². The third-order valence-electron chi connectivity index (χ3n) is 20.6. The minimum Gasteiger partial charge on any atom is -0.462 e. The van der Waals surface area contributed by atoms with E-state index in [4.69, 9.17) is 18.9 Å². The molecule has 1 aromatic carbocycles. The van der Waals surface area contributed by atoms with Crippen LogP contribution >= 0.6 is 0 Å². The Hall–Kier alpha value is -4.61. The number of benzene rings is 1. The molecule has 610 valence electrons. The molecule has 3 amide bonds. The predicted molar refractivity (Wildman–Crippen MR) is 436 cm³/mol. The van der Waals surface area contributed by atoms with Gasteiger partial charge in [0.25, 0.3) is 11.8 Å². The van der Waals surface area contributed by atoms with Crippen molar-refractivity contribution >= 4 is 47.3 Å². The molecular weight excluding hydrogens is 1320 g/mol. The van der Waals surface area contributed by atoms with Crippen molar-refractivity contribution in [2.24, 2.45) is 0 Å². The molecule has 0 aliphatic heterocycles. The Morgan fingerprint density at radius 2 is 0.571 bits per heavy atom. The summed E-state index contributed by atoms with van der Waals surface area (Å²) in [5.41, 5.74) is 1.07. The van der Waals surface area contributed by atoms with Crippen molar-refractivity contribution in [3.05, 3.63) is 29.3 Å². The first-order valence-corrected chi connectivity index (χ1v) is 43.9. The molecule has 17 nitrogen and oxygen atoms in total. The van der Waals surface area contributed by atoms with E-state index in [1.807, 2.05) is 19.0 Å². The lowest BCUT2D eigenvalue weighted by molar-refractivity contribution is -0.150. The molecule has 0 spiro atoms. The van der Waals surface area contributed by atoms with Crippen molar-refractivity contribution < 1.29 is 52.5 Å². The van der Waals surface area contributed by atoms with Gasteiger partial charge >= 0.3 is 23.9 Å². The predicted octanol–water partition coefficient (Wildman–Crippen LogP) is 21.3. The number of carbonyl (C=O) groups is 7. The summed E-state index contributed by atoms with van der Waals surface area (Å²) in [6, 6.07) is 4.99. The van der Waals surface area contributed by atoms with Crippen molar-refractivity contribution in [1.82, 2.24) is 25.3 Å². The quantitative estimate of drug-likeness (QED) is 0.0316. The van der Waals surface area contributed by atoms with Crippen LogP contribution in [0.2, 0.25) is 0 Å². The van der Waals surface area contributed by atoms with E-state index in [9.17, 15) is 33.6 Å². The third-order valence-corrected chi connectivity index (χ3v) is 20.6. The highest BCUT2D eigenvalue weighted by Gasteiger charge is 2.19. The molecule has 105 heavy (non-hydrogen) atoms. The first-order chi connectivity index (χ1) is 51.0. The second kappa shape index (κ2) is 69.8. The zero-order chi connectivity index (χ0) is 77.0. The SMILES string of the molecule is CCCCCC(CC)OC(=O)CCCCCCCCN(CCCCCCCCC(=O)OC(CC)CCCCC)CCCNC(=O)c1cc(NC(=O)CCCN(C)C)cc(C(=O)NCCCN(CCCCCCCCC(=O)OC(CC)CCCCC)CCCCCCCCC(=O)OC(CC)CCCCC)c1. The lowest BCUT2D eigenvalue weighted by Crippen LogP contribution is -2.32. The van der Waals surface area contributed by atoms with Gasteiger partial charge in [-0.1, -0.05) is 209 Å². The van der Waals surface area contributed by atoms with Crippen molar-refractivity contribution in [2.75, 3.05) is 78.3 Å². The van der Waals surface area contributed by atoms with Crippen molar-refractivity contribution in [1.29, 1.82) is 0 Å². The summed E-state index contributed by atoms with van der Waals surface area (Å²) in [7, 11) is 3.96. The third kappa shape index (κ3) is 58.1. The van der Waals surface area contributed by atoms with Crippen LogP contribution in [0.15, 0.2) is 18.2 Å². The van der Waals surface area contributed by atoms with Crippen LogP contribution in [0.4, 0.5) is 5.69 Å². The summed E-state index contributed by atoms with van der Waals surface area (Å²) >= 11 is 0. The standard InChI is InChI=1S/C88H162N6O11/c1-11-19-39-54-78(15-5)102-83(96)59-43-31-23-27-35-47-66-93(67-48-36-28-24-32-44-60-84(97)103-79(16-6)55-40-20-12-2)70-52-63-89-87(100)75-72-76(74-77(73-75)91-82(95)58-51-65-92(9)10)88(101)90-64-53-71-94(68-49-37-29-25-33-45-61-85(98)104-80(17-7)56-41-21-13-3)69-50-38-30-26-34-46-62-86(99)105-81(18-8)57-42-22-14-4/h72-74,78-81H,11-71H2,1-10H3,(H,89,100)(H,90,101)(H,91,95). The summed E-state index contributed by atoms with van der Waals surface area (Å²) in [6.07, 6.45) is 51.0. The molecule has 0 heterocycles. The van der Waals surface area contributed by atoms with Gasteiger partial charge in [-0.3, -0.25) is 33.6 Å². The van der Waals surface area contributed by atoms with E-state index in [0.717, 1.165) is 315 Å². The lowest BCUT2D eigenvalue weighted by Gasteiger charge is -2.22. The van der Waals surface area contributed by atoms with Crippen LogP contribution in [0.25, 0.3) is 0 Å². The zero-order valence-corrected chi connectivity index (χ0v) is 69.5. The molecule has 3 N–H and O–H groups in total. The van der Waals surface area contributed by atoms with Crippen LogP contribution in [0.5, 0.6) is 0 Å². The van der Waals surface area contributed by atoms with Crippen molar-refractivity contribution in [2.45, 2.75) is 414 Å². The van der Waals surface area contributed by atoms with Gasteiger partial charge in [0, 0.05) is 62.0 Å². The number of hydrogen-bond donors (Lipinski definition) is 3. The van der Waals surface area contributed by atoms with E-state index in [-0.39, 0.29) is 66.0 Å². The van der Waals surface area contributed by atoms with Gasteiger partial charge in [0.15, 0.2) is 0 Å². The van der Waals surface area contributed by atoms with E-state index >= 15 is 0 Å². The van der Waals surface area contributed by atoms with Gasteiger partial charge in [0.05, 0.1) is 0 Å². The number of anilines is 1. The van der Waals surface area contributed by atoms with Gasteiger partial charge in [-0.15, -0.1) is 0 Å². The molecule has 0 aliphatic rings. The number of unbranched alkanes of at least 4 members (excludes halogenated alkanes) is 28. The fraction of sp³-hybridized carbons (Fsp3) is 0.852. The minimum absolute atomic E-state index is 0.0397. The fourth-order valence-electron chi connectivity index (χ4n) is 13.7. The largest absolute Gasteiger partial charge is 0.462 e. The summed E-state index contributed by atoms with van der Waals surface area (Å²) in [5.74, 6) is -0.976. The van der Waals surface area contributed by atoms with Gasteiger partial charge in [-0.2, -0.15) is 0 Å². The fourth-order valence-corrected chi connectivity index (χ4v) is 13.7. The Labute approximate surface area is 643 Å². The molecule has 0 aromatic heterocycles. The molecule has 0 radical (unpaired) electrons. The monoisotopic (exact) mass is 1480 g/mol. The molecule has 0 aliphatic carbocycles. The van der Waals surface area contributed by atoms with E-state index in [0.29, 0.717) is 68.4 Å². The van der Waals surface area contributed by atoms with Crippen LogP contribution in [0, 0.1) is 0 Å². The van der Waals surface area contributed by atoms with E-state index in [1.165, 1.54) is 25.7 Å². The number of nitrogens with zero attached hydrogens (tertiary/aromatic N) is 3. The number of ether oxygens (including phenoxy) is 4. The molecular formula is C88H162N6O11. The van der Waals surface area contributed by atoms with Crippen LogP contribution in [0.1, 0.15) is 410 Å². The Balaban J connectivity index is 3.04. The molecule has 4 unspecified atom stereocenters. The van der Waals surface area contributed by atoms with Gasteiger partial charge in [0.2, 0.25) is 5.91 Å². The summed E-state index contributed by atoms with van der Waals surface area (Å²) in [6.45, 7) is 24.5. The number of hydrogen-bond acceptors (Lipinski definition) is 14. The number of rotatable bonds is 75. The molecule has 0 fully saturated rings. The average Bonchev–Trinajstić information content (AvgIpc) is 0.836. The second-order valence-corrected chi connectivity index (χ2v) is 30.7. The van der Waals surface area contributed by atoms with Crippen LogP contribution in [0.3, 0.4) is 0 Å². The van der Waals surface area contributed by atoms with E-state index in [2.05, 4.69) is 81.1 Å². The highest BCUT2D eigenvalue weighted by atomic mass is 16.6. The van der Waals surface area contributed by atoms with Crippen molar-refractivity contribution in [3.63, 3.8) is 0 Å². The molecule has 0 saturated heterocycles. The molecule has 4 atom stereocenters. The Morgan fingerprint density at radius 3 is 0.838 bits per heavy atom. The smallest absolute Gasteiger partial charge is 0.306 e. The van der Waals surface area contributed by atoms with Crippen molar-refractivity contribution in [3.8, 4) is 0 Å². The van der Waals surface area contributed by atoms with E-state index < -0.39 is 0 Å². The molecule has 1 rings (SSSR count). The Morgan fingerprint density at radius 1 is 0.305 bits per heavy atom. The number of amides is 3. The summed E-state index contributed by atoms with van der Waals surface area (Å²) in [5, 5.41) is 9.30. The molecule has 0 bridgehead atoms. The maximum absolute atomic E-state index is 14.1. The first kappa shape index (κ1) is 98.4. The minimum atomic E-state index is -0.289. The number of nitrogens with one attached hydrogen (secondary N) is 3. The summed E-state index contributed by atoms with van der Waals surface area (Å²) in [4.78, 5) is 99.0. The average molecular weight is 1480 g/mol. The molecule has 1 aromatic rings. The van der Waals surface area contributed by atoms with E-state index in [1.54, 1.807) is 18.2 Å². The number of esters is 4.